The molecule has 5 nitrogen and oxygen atoms in total. The average molecular weight is 409 g/mol. The number of anilines is 1. The van der Waals surface area contributed by atoms with Crippen molar-refractivity contribution in [2.45, 2.75) is 32.9 Å². The number of amides is 1. The van der Waals surface area contributed by atoms with Gasteiger partial charge in [0.25, 0.3) is 5.91 Å². The molecule has 3 rings (SSSR count). The van der Waals surface area contributed by atoms with Gasteiger partial charge in [0.15, 0.2) is 0 Å². The van der Waals surface area contributed by atoms with Gasteiger partial charge in [0, 0.05) is 64.1 Å². The Morgan fingerprint density at radius 1 is 1.03 bits per heavy atom. The van der Waals surface area contributed by atoms with Gasteiger partial charge in [0.2, 0.25) is 0 Å². The molecular weight excluding hydrogens is 372 g/mol. The molecule has 0 aromatic heterocycles. The van der Waals surface area contributed by atoms with Crippen LogP contribution in [0.3, 0.4) is 0 Å². The summed E-state index contributed by atoms with van der Waals surface area (Å²) >= 11 is 0. The van der Waals surface area contributed by atoms with Crippen LogP contribution < -0.4 is 10.2 Å². The molecule has 0 spiro atoms. The highest BCUT2D eigenvalue weighted by atomic mass is 16.1. The predicted octanol–water partition coefficient (Wildman–Crippen LogP) is 3.60. The lowest BCUT2D eigenvalue weighted by Gasteiger charge is -2.32. The fourth-order valence-corrected chi connectivity index (χ4v) is 3.78. The molecule has 0 saturated carbocycles. The van der Waals surface area contributed by atoms with Crippen LogP contribution in [0.15, 0.2) is 48.5 Å². The Morgan fingerprint density at radius 3 is 2.43 bits per heavy atom. The van der Waals surface area contributed by atoms with Gasteiger partial charge in [-0.3, -0.25) is 9.69 Å². The van der Waals surface area contributed by atoms with Crippen LogP contribution in [-0.4, -0.2) is 62.5 Å². The second kappa shape index (κ2) is 11.1. The van der Waals surface area contributed by atoms with E-state index < -0.39 is 0 Å². The highest BCUT2D eigenvalue weighted by Crippen LogP contribution is 2.15. The summed E-state index contributed by atoms with van der Waals surface area (Å²) < 4.78 is 0. The van der Waals surface area contributed by atoms with Crippen LogP contribution >= 0.6 is 0 Å². The van der Waals surface area contributed by atoms with E-state index in [1.807, 2.05) is 24.3 Å². The van der Waals surface area contributed by atoms with Crippen LogP contribution in [0.1, 0.15) is 41.3 Å². The van der Waals surface area contributed by atoms with Crippen LogP contribution in [0.5, 0.6) is 0 Å². The number of rotatable bonds is 9. The van der Waals surface area contributed by atoms with Crippen LogP contribution in [0.25, 0.3) is 0 Å². The van der Waals surface area contributed by atoms with E-state index in [2.05, 4.69) is 65.3 Å². The zero-order chi connectivity index (χ0) is 21.3. The Kier molecular flexibility index (Phi) is 8.29. The number of piperazine rings is 1. The van der Waals surface area contributed by atoms with E-state index in [4.69, 9.17) is 0 Å². The summed E-state index contributed by atoms with van der Waals surface area (Å²) in [7, 11) is 4.28. The summed E-state index contributed by atoms with van der Waals surface area (Å²) in [6, 6.07) is 16.4. The topological polar surface area (TPSA) is 38.8 Å². The molecule has 5 heteroatoms. The van der Waals surface area contributed by atoms with Gasteiger partial charge < -0.3 is 15.1 Å². The van der Waals surface area contributed by atoms with Crippen molar-refractivity contribution in [2.24, 2.45) is 0 Å². The molecule has 1 N–H and O–H groups in total. The SMILES string of the molecule is CCCCN(C)c1ccc(C(=O)NCc2cccc(CN3CCN(C)CC3)c2)cc1. The van der Waals surface area contributed by atoms with Crippen LogP contribution in [0.2, 0.25) is 0 Å². The van der Waals surface area contributed by atoms with Crippen molar-refractivity contribution in [2.75, 3.05) is 51.7 Å². The zero-order valence-corrected chi connectivity index (χ0v) is 18.7. The van der Waals surface area contributed by atoms with E-state index in [0.29, 0.717) is 12.1 Å². The summed E-state index contributed by atoms with van der Waals surface area (Å²) in [5.41, 5.74) is 4.31. The Morgan fingerprint density at radius 2 is 1.73 bits per heavy atom. The predicted molar refractivity (Wildman–Crippen MR) is 125 cm³/mol. The fourth-order valence-electron chi connectivity index (χ4n) is 3.78. The lowest BCUT2D eigenvalue weighted by Crippen LogP contribution is -2.43. The second-order valence-electron chi connectivity index (χ2n) is 8.40. The normalized spacial score (nSPS) is 15.2. The van der Waals surface area contributed by atoms with Gasteiger partial charge in [0.05, 0.1) is 0 Å². The maximum Gasteiger partial charge on any atom is 0.251 e. The van der Waals surface area contributed by atoms with E-state index in [0.717, 1.165) is 50.5 Å². The third-order valence-electron chi connectivity index (χ3n) is 5.86. The van der Waals surface area contributed by atoms with E-state index in [1.165, 1.54) is 18.4 Å². The smallest absolute Gasteiger partial charge is 0.251 e. The molecule has 162 valence electrons. The Labute approximate surface area is 181 Å². The first kappa shape index (κ1) is 22.3. The lowest BCUT2D eigenvalue weighted by atomic mass is 10.1. The maximum atomic E-state index is 12.6. The number of carbonyl (C=O) groups excluding carboxylic acids is 1. The summed E-state index contributed by atoms with van der Waals surface area (Å²) in [6.45, 7) is 9.24. The van der Waals surface area contributed by atoms with Gasteiger partial charge in [-0.05, 0) is 48.9 Å². The molecule has 1 amide bonds. The highest BCUT2D eigenvalue weighted by molar-refractivity contribution is 5.94. The van der Waals surface area contributed by atoms with Crippen molar-refractivity contribution in [1.29, 1.82) is 0 Å². The molecule has 2 aromatic rings. The monoisotopic (exact) mass is 408 g/mol. The van der Waals surface area contributed by atoms with Crippen LogP contribution in [0.4, 0.5) is 5.69 Å². The summed E-state index contributed by atoms with van der Waals surface area (Å²) in [5.74, 6) is -0.0257. The molecule has 1 heterocycles. The Hall–Kier alpha value is -2.37. The summed E-state index contributed by atoms with van der Waals surface area (Å²) in [5, 5.41) is 3.06. The molecule has 1 aliphatic rings. The van der Waals surface area contributed by atoms with Gasteiger partial charge in [-0.2, -0.15) is 0 Å². The molecule has 0 atom stereocenters. The lowest BCUT2D eigenvalue weighted by molar-refractivity contribution is 0.0951. The number of hydrogen-bond acceptors (Lipinski definition) is 4. The molecule has 0 bridgehead atoms. The standard InChI is InChI=1S/C25H36N4O/c1-4-5-13-28(3)24-11-9-23(10-12-24)25(30)26-19-21-7-6-8-22(18-21)20-29-16-14-27(2)15-17-29/h6-12,18H,4-5,13-17,19-20H2,1-3H3,(H,26,30). The first-order valence-corrected chi connectivity index (χ1v) is 11.1. The van der Waals surface area contributed by atoms with Gasteiger partial charge in [-0.1, -0.05) is 37.6 Å². The number of unbranched alkanes of at least 4 members (excludes halogenated alkanes) is 1. The van der Waals surface area contributed by atoms with Crippen molar-refractivity contribution in [3.8, 4) is 0 Å². The zero-order valence-electron chi connectivity index (χ0n) is 18.7. The minimum Gasteiger partial charge on any atom is -0.375 e. The molecule has 0 aliphatic carbocycles. The molecule has 2 aromatic carbocycles. The second-order valence-corrected chi connectivity index (χ2v) is 8.40. The summed E-state index contributed by atoms with van der Waals surface area (Å²) in [4.78, 5) is 19.7. The van der Waals surface area contributed by atoms with Crippen molar-refractivity contribution < 1.29 is 4.79 Å². The van der Waals surface area contributed by atoms with E-state index in [9.17, 15) is 4.79 Å². The minimum atomic E-state index is -0.0257. The number of hydrogen-bond donors (Lipinski definition) is 1. The van der Waals surface area contributed by atoms with Crippen molar-refractivity contribution in [3.05, 3.63) is 65.2 Å². The third-order valence-corrected chi connectivity index (χ3v) is 5.86. The first-order chi connectivity index (χ1) is 14.5. The van der Waals surface area contributed by atoms with E-state index in [-0.39, 0.29) is 5.91 Å². The molecule has 0 radical (unpaired) electrons. The fraction of sp³-hybridized carbons (Fsp3) is 0.480. The van der Waals surface area contributed by atoms with Gasteiger partial charge in [-0.25, -0.2) is 0 Å². The Bertz CT molecular complexity index is 797. The van der Waals surface area contributed by atoms with Crippen LogP contribution in [-0.2, 0) is 13.1 Å². The maximum absolute atomic E-state index is 12.6. The first-order valence-electron chi connectivity index (χ1n) is 11.1. The van der Waals surface area contributed by atoms with Gasteiger partial charge in [0.1, 0.15) is 0 Å². The van der Waals surface area contributed by atoms with Crippen molar-refractivity contribution in [3.63, 3.8) is 0 Å². The minimum absolute atomic E-state index is 0.0257. The number of likely N-dealkylation sites (N-methyl/N-ethyl adjacent to an activating group) is 1. The molecule has 30 heavy (non-hydrogen) atoms. The van der Waals surface area contributed by atoms with Crippen LogP contribution in [0, 0.1) is 0 Å². The number of carbonyl (C=O) groups is 1. The number of nitrogens with zero attached hydrogens (tertiary/aromatic N) is 3. The van der Waals surface area contributed by atoms with E-state index in [1.54, 1.807) is 0 Å². The number of benzene rings is 2. The van der Waals surface area contributed by atoms with Crippen molar-refractivity contribution >= 4 is 11.6 Å². The summed E-state index contributed by atoms with van der Waals surface area (Å²) in [6.07, 6.45) is 2.36. The van der Waals surface area contributed by atoms with Crippen molar-refractivity contribution in [1.82, 2.24) is 15.1 Å². The van der Waals surface area contributed by atoms with Gasteiger partial charge >= 0.3 is 0 Å². The van der Waals surface area contributed by atoms with Gasteiger partial charge in [-0.15, -0.1) is 0 Å². The highest BCUT2D eigenvalue weighted by Gasteiger charge is 2.14. The number of nitrogens with one attached hydrogen (secondary N) is 1. The quantitative estimate of drug-likeness (QED) is 0.688. The largest absolute Gasteiger partial charge is 0.375 e. The molecule has 1 saturated heterocycles. The molecular formula is C25H36N4O. The average Bonchev–Trinajstić information content (AvgIpc) is 2.78. The Balaban J connectivity index is 1.50. The molecule has 1 aliphatic heterocycles. The van der Waals surface area contributed by atoms with E-state index >= 15 is 0 Å². The third kappa shape index (κ3) is 6.57. The molecule has 0 unspecified atom stereocenters. The molecule has 1 fully saturated rings.